The zero-order chi connectivity index (χ0) is 17.3. The fourth-order valence-corrected chi connectivity index (χ4v) is 4.12. The van der Waals surface area contributed by atoms with Crippen LogP contribution in [0.2, 0.25) is 0 Å². The number of benzene rings is 1. The van der Waals surface area contributed by atoms with Gasteiger partial charge >= 0.3 is 5.97 Å². The molecule has 0 bridgehead atoms. The van der Waals surface area contributed by atoms with Crippen LogP contribution < -0.4 is 5.32 Å². The molecule has 24 heavy (non-hydrogen) atoms. The summed E-state index contributed by atoms with van der Waals surface area (Å²) in [5.41, 5.74) is 3.24. The van der Waals surface area contributed by atoms with Crippen molar-refractivity contribution >= 4 is 34.3 Å². The number of fused-ring (bicyclic) bond motifs is 1. The van der Waals surface area contributed by atoms with E-state index in [0.717, 1.165) is 26.9 Å². The molecule has 1 N–H and O–H groups in total. The summed E-state index contributed by atoms with van der Waals surface area (Å²) in [6.45, 7) is 3.99. The molecule has 0 saturated heterocycles. The van der Waals surface area contributed by atoms with E-state index in [-0.39, 0.29) is 23.6 Å². The van der Waals surface area contributed by atoms with Crippen LogP contribution in [0.15, 0.2) is 47.3 Å². The van der Waals surface area contributed by atoms with Gasteiger partial charge < -0.3 is 10.1 Å². The van der Waals surface area contributed by atoms with Gasteiger partial charge in [-0.15, -0.1) is 0 Å². The number of ether oxygens (including phenoxy) is 1. The summed E-state index contributed by atoms with van der Waals surface area (Å²) in [6, 6.07) is 8.01. The van der Waals surface area contributed by atoms with E-state index >= 15 is 0 Å². The maximum absolute atomic E-state index is 12.7. The van der Waals surface area contributed by atoms with Crippen molar-refractivity contribution in [3.8, 4) is 0 Å². The molecule has 0 radical (unpaired) electrons. The van der Waals surface area contributed by atoms with Crippen LogP contribution in [0.25, 0.3) is 0 Å². The van der Waals surface area contributed by atoms with Crippen LogP contribution in [0.5, 0.6) is 0 Å². The van der Waals surface area contributed by atoms with Crippen LogP contribution in [-0.4, -0.2) is 18.4 Å². The van der Waals surface area contributed by atoms with Gasteiger partial charge in [-0.2, -0.15) is 0 Å². The predicted octanol–water partition coefficient (Wildman–Crippen LogP) is 3.68. The van der Waals surface area contributed by atoms with Gasteiger partial charge in [0.2, 0.25) is 0 Å². The van der Waals surface area contributed by atoms with Crippen molar-refractivity contribution in [3.05, 3.63) is 56.4 Å². The van der Waals surface area contributed by atoms with Gasteiger partial charge in [-0.1, -0.05) is 18.2 Å². The molecule has 2 atom stereocenters. The molecular formula is C19H20INO3. The quantitative estimate of drug-likeness (QED) is 0.579. The molecule has 1 aliphatic heterocycles. The number of carbonyl (C=O) groups is 2. The minimum Gasteiger partial charge on any atom is -0.463 e. The first kappa shape index (κ1) is 17.2. The van der Waals surface area contributed by atoms with Crippen molar-refractivity contribution in [3.63, 3.8) is 0 Å². The molecule has 3 rings (SSSR count). The lowest BCUT2D eigenvalue weighted by Crippen LogP contribution is -2.40. The molecule has 0 fully saturated rings. The number of rotatable bonds is 3. The third-order valence-electron chi connectivity index (χ3n) is 4.52. The van der Waals surface area contributed by atoms with Crippen molar-refractivity contribution in [1.29, 1.82) is 0 Å². The fourth-order valence-electron chi connectivity index (χ4n) is 3.55. The number of carbonyl (C=O) groups excluding carboxylic acids is 2. The van der Waals surface area contributed by atoms with Gasteiger partial charge in [-0.05, 0) is 60.6 Å². The zero-order valence-electron chi connectivity index (χ0n) is 13.8. The second-order valence-corrected chi connectivity index (χ2v) is 7.30. The first-order valence-electron chi connectivity index (χ1n) is 8.16. The Balaban J connectivity index is 2.17. The Labute approximate surface area is 155 Å². The molecule has 1 heterocycles. The molecule has 0 amide bonds. The molecule has 0 aromatic heterocycles. The maximum Gasteiger partial charge on any atom is 0.336 e. The number of hydrogen-bond donors (Lipinski definition) is 1. The average molecular weight is 437 g/mol. The largest absolute Gasteiger partial charge is 0.463 e. The number of hydrogen-bond acceptors (Lipinski definition) is 4. The lowest BCUT2D eigenvalue weighted by atomic mass is 9.71. The SMILES string of the molecule is CCOC(=O)C1=C(C)NC2=CCCC(=O)C2C1c1cccc(I)c1. The first-order chi connectivity index (χ1) is 11.5. The highest BCUT2D eigenvalue weighted by atomic mass is 127. The second kappa shape index (κ2) is 7.09. The van der Waals surface area contributed by atoms with E-state index in [1.165, 1.54) is 0 Å². The molecule has 1 aromatic carbocycles. The molecule has 1 aromatic rings. The summed E-state index contributed by atoms with van der Waals surface area (Å²) in [6.07, 6.45) is 3.35. The monoisotopic (exact) mass is 437 g/mol. The van der Waals surface area contributed by atoms with Crippen LogP contribution in [-0.2, 0) is 14.3 Å². The van der Waals surface area contributed by atoms with E-state index in [1.807, 2.05) is 31.2 Å². The van der Waals surface area contributed by atoms with E-state index in [9.17, 15) is 9.59 Å². The highest BCUT2D eigenvalue weighted by Gasteiger charge is 2.43. The Morgan fingerprint density at radius 2 is 2.17 bits per heavy atom. The normalized spacial score (nSPS) is 23.3. The molecular weight excluding hydrogens is 417 g/mol. The van der Waals surface area contributed by atoms with Crippen molar-refractivity contribution < 1.29 is 14.3 Å². The molecule has 4 nitrogen and oxygen atoms in total. The smallest absolute Gasteiger partial charge is 0.336 e. The summed E-state index contributed by atoms with van der Waals surface area (Å²) in [5, 5.41) is 3.27. The fraction of sp³-hybridized carbons (Fsp3) is 0.368. The summed E-state index contributed by atoms with van der Waals surface area (Å²) < 4.78 is 6.36. The van der Waals surface area contributed by atoms with Crippen molar-refractivity contribution in [1.82, 2.24) is 5.32 Å². The van der Waals surface area contributed by atoms with Crippen LogP contribution in [0.3, 0.4) is 0 Å². The molecule has 0 saturated carbocycles. The van der Waals surface area contributed by atoms with Crippen molar-refractivity contribution in [2.75, 3.05) is 6.61 Å². The highest BCUT2D eigenvalue weighted by Crippen LogP contribution is 2.43. The van der Waals surface area contributed by atoms with Gasteiger partial charge in [0.25, 0.3) is 0 Å². The van der Waals surface area contributed by atoms with E-state index in [0.29, 0.717) is 18.6 Å². The van der Waals surface area contributed by atoms with Crippen LogP contribution in [0.1, 0.15) is 38.2 Å². The third-order valence-corrected chi connectivity index (χ3v) is 5.19. The average Bonchev–Trinajstić information content (AvgIpc) is 2.54. The second-order valence-electron chi connectivity index (χ2n) is 6.06. The Morgan fingerprint density at radius 1 is 1.38 bits per heavy atom. The van der Waals surface area contributed by atoms with Gasteiger partial charge in [-0.25, -0.2) is 4.79 Å². The third kappa shape index (κ3) is 3.14. The van der Waals surface area contributed by atoms with Gasteiger partial charge in [0.05, 0.1) is 18.1 Å². The Hall–Kier alpha value is -1.63. The van der Waals surface area contributed by atoms with Gasteiger partial charge in [0, 0.05) is 27.3 Å². The van der Waals surface area contributed by atoms with Crippen LogP contribution >= 0.6 is 22.6 Å². The molecule has 126 valence electrons. The van der Waals surface area contributed by atoms with Gasteiger partial charge in [-0.3, -0.25) is 4.79 Å². The maximum atomic E-state index is 12.7. The summed E-state index contributed by atoms with van der Waals surface area (Å²) in [5.74, 6) is -0.791. The number of nitrogens with one attached hydrogen (secondary N) is 1. The summed E-state index contributed by atoms with van der Waals surface area (Å²) >= 11 is 2.25. The topological polar surface area (TPSA) is 55.4 Å². The lowest BCUT2D eigenvalue weighted by molar-refractivity contribution is -0.139. The molecule has 2 aliphatic rings. The number of esters is 1. The van der Waals surface area contributed by atoms with Crippen LogP contribution in [0, 0.1) is 9.49 Å². The van der Waals surface area contributed by atoms with E-state index < -0.39 is 0 Å². The predicted molar refractivity (Wildman–Crippen MR) is 100 cm³/mol. The van der Waals surface area contributed by atoms with E-state index in [2.05, 4.69) is 34.0 Å². The summed E-state index contributed by atoms with van der Waals surface area (Å²) in [4.78, 5) is 25.3. The number of ketones is 1. The Morgan fingerprint density at radius 3 is 2.88 bits per heavy atom. The van der Waals surface area contributed by atoms with Crippen molar-refractivity contribution in [2.45, 2.75) is 32.6 Å². The number of halogens is 1. The molecule has 2 unspecified atom stereocenters. The van der Waals surface area contributed by atoms with Gasteiger partial charge in [0.15, 0.2) is 0 Å². The van der Waals surface area contributed by atoms with Gasteiger partial charge in [0.1, 0.15) is 5.78 Å². The van der Waals surface area contributed by atoms with Crippen molar-refractivity contribution in [2.24, 2.45) is 5.92 Å². The number of Topliss-reactive ketones (excluding diaryl/α,β-unsaturated/α-hetero) is 1. The first-order valence-corrected chi connectivity index (χ1v) is 9.24. The standard InChI is InChI=1S/C19H20INO3/c1-3-24-19(23)16-11(2)21-14-8-5-9-15(22)18(14)17(16)12-6-4-7-13(20)10-12/h4,6-8,10,17-18,21H,3,5,9H2,1-2H3. The molecule has 5 heteroatoms. The zero-order valence-corrected chi connectivity index (χ0v) is 15.9. The molecule has 1 aliphatic carbocycles. The minimum atomic E-state index is -0.344. The minimum absolute atomic E-state index is 0.179. The Kier molecular flexibility index (Phi) is 5.08. The van der Waals surface area contributed by atoms with Crippen LogP contribution in [0.4, 0.5) is 0 Å². The highest BCUT2D eigenvalue weighted by molar-refractivity contribution is 14.1. The lowest BCUT2D eigenvalue weighted by Gasteiger charge is -2.38. The Bertz CT molecular complexity index is 751. The number of allylic oxidation sites excluding steroid dienone is 3. The summed E-state index contributed by atoms with van der Waals surface area (Å²) in [7, 11) is 0. The molecule has 0 spiro atoms. The van der Waals surface area contributed by atoms with E-state index in [4.69, 9.17) is 4.74 Å². The van der Waals surface area contributed by atoms with E-state index in [1.54, 1.807) is 6.92 Å².